The van der Waals surface area contributed by atoms with Gasteiger partial charge in [-0.15, -0.1) is 12.4 Å². The SMILES string of the molecule is Cl.NC(C(=O)Nc1cccc(N2CCCC2=O)c1)C1CCOCC1. The van der Waals surface area contributed by atoms with E-state index in [1.54, 1.807) is 4.90 Å². The summed E-state index contributed by atoms with van der Waals surface area (Å²) >= 11 is 0. The smallest absolute Gasteiger partial charge is 0.241 e. The fraction of sp³-hybridized carbons (Fsp3) is 0.529. The van der Waals surface area contributed by atoms with Crippen LogP contribution in [-0.4, -0.2) is 37.6 Å². The van der Waals surface area contributed by atoms with Gasteiger partial charge in [-0.05, 0) is 43.4 Å². The lowest BCUT2D eigenvalue weighted by Crippen LogP contribution is -2.44. The molecule has 2 fully saturated rings. The van der Waals surface area contributed by atoms with Crippen molar-refractivity contribution >= 4 is 35.6 Å². The first-order valence-corrected chi connectivity index (χ1v) is 8.20. The molecular weight excluding hydrogens is 330 g/mol. The monoisotopic (exact) mass is 353 g/mol. The largest absolute Gasteiger partial charge is 0.381 e. The summed E-state index contributed by atoms with van der Waals surface area (Å²) in [5, 5.41) is 2.87. The summed E-state index contributed by atoms with van der Waals surface area (Å²) in [5.74, 6) is 0.112. The number of amides is 2. The van der Waals surface area contributed by atoms with Crippen molar-refractivity contribution in [2.75, 3.05) is 30.0 Å². The molecule has 7 heteroatoms. The van der Waals surface area contributed by atoms with Crippen LogP contribution in [0.3, 0.4) is 0 Å². The number of rotatable bonds is 4. The summed E-state index contributed by atoms with van der Waals surface area (Å²) in [7, 11) is 0. The van der Waals surface area contributed by atoms with Crippen LogP contribution in [0.2, 0.25) is 0 Å². The maximum Gasteiger partial charge on any atom is 0.241 e. The lowest BCUT2D eigenvalue weighted by atomic mass is 9.92. The highest BCUT2D eigenvalue weighted by molar-refractivity contribution is 5.98. The number of hydrogen-bond acceptors (Lipinski definition) is 4. The van der Waals surface area contributed by atoms with Gasteiger partial charge < -0.3 is 20.7 Å². The van der Waals surface area contributed by atoms with Gasteiger partial charge in [-0.3, -0.25) is 9.59 Å². The van der Waals surface area contributed by atoms with E-state index in [-0.39, 0.29) is 30.1 Å². The highest BCUT2D eigenvalue weighted by Crippen LogP contribution is 2.25. The van der Waals surface area contributed by atoms with Crippen molar-refractivity contribution in [3.05, 3.63) is 24.3 Å². The van der Waals surface area contributed by atoms with Gasteiger partial charge in [0.1, 0.15) is 0 Å². The lowest BCUT2D eigenvalue weighted by Gasteiger charge is -2.26. The molecule has 1 aromatic carbocycles. The molecule has 6 nitrogen and oxygen atoms in total. The Morgan fingerprint density at radius 2 is 2.08 bits per heavy atom. The summed E-state index contributed by atoms with van der Waals surface area (Å²) < 4.78 is 5.31. The zero-order valence-corrected chi connectivity index (χ0v) is 14.4. The second-order valence-electron chi connectivity index (χ2n) is 6.16. The van der Waals surface area contributed by atoms with E-state index in [2.05, 4.69) is 5.32 Å². The molecule has 2 heterocycles. The number of nitrogens with zero attached hydrogens (tertiary/aromatic N) is 1. The van der Waals surface area contributed by atoms with Gasteiger partial charge >= 0.3 is 0 Å². The molecule has 3 N–H and O–H groups in total. The van der Waals surface area contributed by atoms with Crippen LogP contribution in [0, 0.1) is 5.92 Å². The minimum Gasteiger partial charge on any atom is -0.381 e. The Balaban J connectivity index is 0.00000208. The molecule has 2 aliphatic rings. The minimum absolute atomic E-state index is 0. The molecule has 1 atom stereocenters. The Morgan fingerprint density at radius 1 is 1.33 bits per heavy atom. The predicted molar refractivity (Wildman–Crippen MR) is 95.4 cm³/mol. The standard InChI is InChI=1S/C17H23N3O3.ClH/c18-16(12-6-9-23-10-7-12)17(22)19-13-3-1-4-14(11-13)20-8-2-5-15(20)21;/h1,3-4,11-12,16H,2,5-10,18H2,(H,19,22);1H. The molecule has 0 spiro atoms. The van der Waals surface area contributed by atoms with Gasteiger partial charge in [-0.25, -0.2) is 0 Å². The molecule has 0 aliphatic carbocycles. The Hall–Kier alpha value is -1.63. The molecule has 2 amide bonds. The molecule has 132 valence electrons. The van der Waals surface area contributed by atoms with Crippen molar-refractivity contribution in [2.45, 2.75) is 31.7 Å². The third-order valence-electron chi connectivity index (χ3n) is 4.58. The van der Waals surface area contributed by atoms with Crippen LogP contribution >= 0.6 is 12.4 Å². The molecule has 2 aliphatic heterocycles. The van der Waals surface area contributed by atoms with E-state index >= 15 is 0 Å². The Morgan fingerprint density at radius 3 is 2.75 bits per heavy atom. The van der Waals surface area contributed by atoms with Gasteiger partial charge in [-0.2, -0.15) is 0 Å². The quantitative estimate of drug-likeness (QED) is 0.866. The highest BCUT2D eigenvalue weighted by Gasteiger charge is 2.27. The first-order valence-electron chi connectivity index (χ1n) is 8.20. The molecule has 0 radical (unpaired) electrons. The normalized spacial score (nSPS) is 19.7. The van der Waals surface area contributed by atoms with Crippen LogP contribution in [0.4, 0.5) is 11.4 Å². The Kier molecular flexibility index (Phi) is 6.60. The van der Waals surface area contributed by atoms with Gasteiger partial charge in [0.25, 0.3) is 0 Å². The average molecular weight is 354 g/mol. The van der Waals surface area contributed by atoms with E-state index < -0.39 is 6.04 Å². The number of carbonyl (C=O) groups excluding carboxylic acids is 2. The van der Waals surface area contributed by atoms with Crippen LogP contribution in [0.1, 0.15) is 25.7 Å². The van der Waals surface area contributed by atoms with Crippen molar-refractivity contribution in [3.8, 4) is 0 Å². The molecule has 2 saturated heterocycles. The minimum atomic E-state index is -0.532. The molecule has 1 unspecified atom stereocenters. The third-order valence-corrected chi connectivity index (χ3v) is 4.58. The maximum atomic E-state index is 12.4. The van der Waals surface area contributed by atoms with Gasteiger partial charge in [0.2, 0.25) is 11.8 Å². The summed E-state index contributed by atoms with van der Waals surface area (Å²) in [6, 6.07) is 6.85. The molecule has 0 saturated carbocycles. The van der Waals surface area contributed by atoms with Crippen LogP contribution in [0.5, 0.6) is 0 Å². The van der Waals surface area contributed by atoms with Crippen molar-refractivity contribution in [2.24, 2.45) is 11.7 Å². The van der Waals surface area contributed by atoms with E-state index in [9.17, 15) is 9.59 Å². The molecule has 24 heavy (non-hydrogen) atoms. The van der Waals surface area contributed by atoms with Crippen LogP contribution in [-0.2, 0) is 14.3 Å². The van der Waals surface area contributed by atoms with Gasteiger partial charge in [0, 0.05) is 37.6 Å². The van der Waals surface area contributed by atoms with Crippen molar-refractivity contribution < 1.29 is 14.3 Å². The number of ether oxygens (including phenoxy) is 1. The van der Waals surface area contributed by atoms with E-state index in [1.165, 1.54) is 0 Å². The number of nitrogens with one attached hydrogen (secondary N) is 1. The number of halogens is 1. The fourth-order valence-electron chi connectivity index (χ4n) is 3.19. The van der Waals surface area contributed by atoms with Crippen LogP contribution < -0.4 is 16.0 Å². The number of benzene rings is 1. The van der Waals surface area contributed by atoms with E-state index in [0.717, 1.165) is 31.5 Å². The average Bonchev–Trinajstić information content (AvgIpc) is 3.01. The van der Waals surface area contributed by atoms with Gasteiger partial charge in [0.05, 0.1) is 6.04 Å². The Bertz CT molecular complexity index is 590. The first kappa shape index (κ1) is 18.7. The van der Waals surface area contributed by atoms with Crippen molar-refractivity contribution in [1.29, 1.82) is 0 Å². The summed E-state index contributed by atoms with van der Waals surface area (Å²) in [5.41, 5.74) is 7.59. The number of carbonyl (C=O) groups is 2. The van der Waals surface area contributed by atoms with Gasteiger partial charge in [0.15, 0.2) is 0 Å². The predicted octanol–water partition coefficient (Wildman–Crippen LogP) is 1.93. The zero-order valence-electron chi connectivity index (χ0n) is 13.6. The first-order chi connectivity index (χ1) is 11.1. The molecular formula is C17H24ClN3O3. The molecule has 1 aromatic rings. The fourth-order valence-corrected chi connectivity index (χ4v) is 3.19. The van der Waals surface area contributed by atoms with Gasteiger partial charge in [-0.1, -0.05) is 6.07 Å². The Labute approximate surface area is 148 Å². The van der Waals surface area contributed by atoms with E-state index in [1.807, 2.05) is 24.3 Å². The molecule has 0 bridgehead atoms. The second-order valence-corrected chi connectivity index (χ2v) is 6.16. The summed E-state index contributed by atoms with van der Waals surface area (Å²) in [6.07, 6.45) is 3.10. The van der Waals surface area contributed by atoms with Crippen LogP contribution in [0.15, 0.2) is 24.3 Å². The maximum absolute atomic E-state index is 12.4. The lowest BCUT2D eigenvalue weighted by molar-refractivity contribution is -0.119. The summed E-state index contributed by atoms with van der Waals surface area (Å²) in [4.78, 5) is 25.9. The van der Waals surface area contributed by atoms with Crippen molar-refractivity contribution in [3.63, 3.8) is 0 Å². The topological polar surface area (TPSA) is 84.7 Å². The zero-order chi connectivity index (χ0) is 16.2. The van der Waals surface area contributed by atoms with E-state index in [4.69, 9.17) is 10.5 Å². The highest BCUT2D eigenvalue weighted by atomic mass is 35.5. The number of hydrogen-bond donors (Lipinski definition) is 2. The molecule has 0 aromatic heterocycles. The second kappa shape index (κ2) is 8.46. The molecule has 3 rings (SSSR count). The number of nitrogens with two attached hydrogens (primary N) is 1. The van der Waals surface area contributed by atoms with Crippen LogP contribution in [0.25, 0.3) is 0 Å². The van der Waals surface area contributed by atoms with Crippen molar-refractivity contribution in [1.82, 2.24) is 0 Å². The van der Waals surface area contributed by atoms with E-state index in [0.29, 0.717) is 25.3 Å². The number of anilines is 2. The summed E-state index contributed by atoms with van der Waals surface area (Å²) in [6.45, 7) is 2.06. The third kappa shape index (κ3) is 4.26.